The molecule has 0 unspecified atom stereocenters. The second-order valence-electron chi connectivity index (χ2n) is 16.7. The van der Waals surface area contributed by atoms with Gasteiger partial charge in [0.1, 0.15) is 0 Å². The molecule has 0 saturated heterocycles. The van der Waals surface area contributed by atoms with E-state index in [0.717, 1.165) is 17.1 Å². The third-order valence-electron chi connectivity index (χ3n) is 12.5. The van der Waals surface area contributed by atoms with Gasteiger partial charge in [-0.3, -0.25) is 0 Å². The van der Waals surface area contributed by atoms with Crippen LogP contribution < -0.4 is 9.80 Å². The molecule has 3 aromatic heterocycles. The molecule has 58 heavy (non-hydrogen) atoms. The van der Waals surface area contributed by atoms with Crippen molar-refractivity contribution in [1.82, 2.24) is 0 Å². The summed E-state index contributed by atoms with van der Waals surface area (Å²) in [6.45, 7) is 13.7. The number of fused-ring (bicyclic) bond motifs is 13. The summed E-state index contributed by atoms with van der Waals surface area (Å²) in [5.74, 6) is 0.936. The molecule has 0 N–H and O–H groups in total. The first-order valence-electron chi connectivity index (χ1n) is 20.4. The molecular weight excluding hydrogens is 808 g/mol. The maximum atomic E-state index is 2.67. The van der Waals surface area contributed by atoms with E-state index in [9.17, 15) is 0 Å². The fourth-order valence-corrected chi connectivity index (χ4v) is 14.6. The molecule has 1 aliphatic carbocycles. The zero-order valence-corrected chi connectivity index (χ0v) is 37.0. The van der Waals surface area contributed by atoms with Crippen molar-refractivity contribution in [2.45, 2.75) is 58.8 Å². The molecule has 0 saturated carbocycles. The van der Waals surface area contributed by atoms with Crippen LogP contribution in [0, 0.1) is 13.8 Å². The Bertz CT molecular complexity index is 2960. The van der Waals surface area contributed by atoms with Crippen LogP contribution >= 0.6 is 22.7 Å². The van der Waals surface area contributed by atoms with Crippen molar-refractivity contribution in [3.63, 3.8) is 0 Å². The van der Waals surface area contributed by atoms with Crippen LogP contribution in [0.15, 0.2) is 144 Å². The Morgan fingerprint density at radius 2 is 1.19 bits per heavy atom. The van der Waals surface area contributed by atoms with Crippen LogP contribution in [0.4, 0.5) is 34.1 Å². The first-order valence-corrected chi connectivity index (χ1v) is 23.8. The van der Waals surface area contributed by atoms with E-state index in [1.807, 2.05) is 22.7 Å². The average molecular weight is 852 g/mol. The maximum absolute atomic E-state index is 2.67. The van der Waals surface area contributed by atoms with Crippen molar-refractivity contribution in [3.05, 3.63) is 189 Å². The zero-order chi connectivity index (χ0) is 39.4. The number of hydrogen-bond acceptors (Lipinski definition) is 4. The SMILES string of the molecule is Cc1cc(C)c2c(c1)C1(c3ccsc3-c3sccc31)c1ccc3c([se]c4ccccc43)c1N2c1cccc(N(c2ccc(C(C)C)cc2)c2ccc(C(C)C)cc2)c1. The summed E-state index contributed by atoms with van der Waals surface area (Å²) < 4.78 is 2.94. The fraction of sp³-hybridized carbons (Fsp3) is 0.170. The number of thiophene rings is 2. The predicted molar refractivity (Wildman–Crippen MR) is 252 cm³/mol. The molecule has 6 aromatic carbocycles. The monoisotopic (exact) mass is 852 g/mol. The number of aryl methyl sites for hydroxylation is 2. The molecule has 9 aromatic rings. The van der Waals surface area contributed by atoms with Crippen molar-refractivity contribution < 1.29 is 0 Å². The topological polar surface area (TPSA) is 6.48 Å². The minimum absolute atomic E-state index is 0.139. The molecule has 2 nitrogen and oxygen atoms in total. The predicted octanol–water partition coefficient (Wildman–Crippen LogP) is 15.7. The van der Waals surface area contributed by atoms with Gasteiger partial charge in [0, 0.05) is 0 Å². The molecule has 0 fully saturated rings. The van der Waals surface area contributed by atoms with Gasteiger partial charge in [-0.15, -0.1) is 0 Å². The molecule has 5 heteroatoms. The van der Waals surface area contributed by atoms with Crippen LogP contribution in [-0.2, 0) is 5.41 Å². The van der Waals surface area contributed by atoms with Crippen molar-refractivity contribution in [2.75, 3.05) is 9.80 Å². The molecule has 284 valence electrons. The van der Waals surface area contributed by atoms with Crippen LogP contribution in [0.3, 0.4) is 0 Å². The Morgan fingerprint density at radius 1 is 0.552 bits per heavy atom. The van der Waals surface area contributed by atoms with Gasteiger partial charge in [-0.05, 0) is 0 Å². The molecule has 0 amide bonds. The quantitative estimate of drug-likeness (QED) is 0.154. The van der Waals surface area contributed by atoms with E-state index in [0.29, 0.717) is 11.8 Å². The first-order chi connectivity index (χ1) is 28.2. The summed E-state index contributed by atoms with van der Waals surface area (Å²) in [6, 6.07) is 51.5. The van der Waals surface area contributed by atoms with Crippen LogP contribution in [-0.4, -0.2) is 14.5 Å². The van der Waals surface area contributed by atoms with Crippen LogP contribution in [0.1, 0.15) is 84.0 Å². The molecule has 1 spiro atoms. The van der Waals surface area contributed by atoms with Crippen LogP contribution in [0.5, 0.6) is 0 Å². The van der Waals surface area contributed by atoms with Crippen molar-refractivity contribution in [1.29, 1.82) is 0 Å². The number of hydrogen-bond donors (Lipinski definition) is 0. The Morgan fingerprint density at radius 3 is 1.83 bits per heavy atom. The Hall–Kier alpha value is -5.16. The fourth-order valence-electron chi connectivity index (χ4n) is 9.88. The number of benzene rings is 6. The molecule has 11 rings (SSSR count). The van der Waals surface area contributed by atoms with E-state index in [2.05, 4.69) is 196 Å². The second kappa shape index (κ2) is 13.4. The normalized spacial score (nSPS) is 13.8. The van der Waals surface area contributed by atoms with Crippen molar-refractivity contribution in [2.24, 2.45) is 0 Å². The summed E-state index contributed by atoms with van der Waals surface area (Å²) in [4.78, 5) is 7.95. The molecule has 0 atom stereocenters. The van der Waals surface area contributed by atoms with Crippen molar-refractivity contribution in [3.8, 4) is 9.75 Å². The summed E-state index contributed by atoms with van der Waals surface area (Å²) in [6.07, 6.45) is 0. The standard InChI is InChI=1S/C53H44N2S2Se/c1-31(2)35-14-18-37(19-15-35)54(38-20-16-36(17-21-38)32(3)4)39-10-9-11-40(30-39)55-48-34(6)28-33(5)29-46(48)53(44-24-26-56-50(44)51-45(53)25-27-57-51)43-23-22-42-41-12-7-8-13-47(41)58-52(42)49(43)55/h7-32H,1-6H3. The number of anilines is 6. The minimum atomic E-state index is -0.400. The van der Waals surface area contributed by atoms with Crippen LogP contribution in [0.2, 0.25) is 0 Å². The summed E-state index contributed by atoms with van der Waals surface area (Å²) in [5.41, 5.74) is 17.8. The summed E-state index contributed by atoms with van der Waals surface area (Å²) in [5, 5.41) is 7.39. The number of rotatable bonds is 6. The van der Waals surface area contributed by atoms with E-state index in [1.165, 1.54) is 90.6 Å². The molecule has 1 aliphatic heterocycles. The molecule has 2 aliphatic rings. The molecule has 0 bridgehead atoms. The van der Waals surface area contributed by atoms with E-state index in [4.69, 9.17) is 0 Å². The second-order valence-corrected chi connectivity index (χ2v) is 20.7. The van der Waals surface area contributed by atoms with Gasteiger partial charge in [-0.25, -0.2) is 0 Å². The van der Waals surface area contributed by atoms with Crippen molar-refractivity contribution >= 4 is 90.6 Å². The van der Waals surface area contributed by atoms with Gasteiger partial charge in [-0.1, -0.05) is 27.7 Å². The third kappa shape index (κ3) is 5.13. The van der Waals surface area contributed by atoms with Gasteiger partial charge in [-0.2, -0.15) is 0 Å². The Labute approximate surface area is 355 Å². The third-order valence-corrected chi connectivity index (χ3v) is 17.0. The van der Waals surface area contributed by atoms with E-state index in [1.54, 1.807) is 0 Å². The summed E-state index contributed by atoms with van der Waals surface area (Å²) >= 11 is 3.93. The Kier molecular flexibility index (Phi) is 8.33. The average Bonchev–Trinajstić information content (AvgIpc) is 4.03. The van der Waals surface area contributed by atoms with Gasteiger partial charge in [0.25, 0.3) is 0 Å². The zero-order valence-electron chi connectivity index (χ0n) is 33.6. The van der Waals surface area contributed by atoms with E-state index in [-0.39, 0.29) is 14.5 Å². The molecule has 0 radical (unpaired) electrons. The van der Waals surface area contributed by atoms with Gasteiger partial charge in [0.15, 0.2) is 0 Å². The van der Waals surface area contributed by atoms with Gasteiger partial charge in [0.05, 0.1) is 0 Å². The Balaban J connectivity index is 1.21. The van der Waals surface area contributed by atoms with Gasteiger partial charge < -0.3 is 0 Å². The number of nitrogens with zero attached hydrogens (tertiary/aromatic N) is 2. The first kappa shape index (κ1) is 36.0. The molecule has 4 heterocycles. The van der Waals surface area contributed by atoms with E-state index < -0.39 is 5.41 Å². The van der Waals surface area contributed by atoms with E-state index >= 15 is 0 Å². The summed E-state index contributed by atoms with van der Waals surface area (Å²) in [7, 11) is 0. The van der Waals surface area contributed by atoms with Crippen LogP contribution in [0.25, 0.3) is 29.0 Å². The molecular formula is C53H44N2S2Se. The van der Waals surface area contributed by atoms with Gasteiger partial charge >= 0.3 is 330 Å². The van der Waals surface area contributed by atoms with Gasteiger partial charge in [0.2, 0.25) is 0 Å².